The average Bonchev–Trinajstić information content (AvgIpc) is 3.03. The average molecular weight is 314 g/mol. The third-order valence-electron chi connectivity index (χ3n) is 2.72. The van der Waals surface area contributed by atoms with E-state index in [0.717, 1.165) is 22.8 Å². The van der Waals surface area contributed by atoms with Gasteiger partial charge in [0, 0.05) is 18.6 Å². The van der Waals surface area contributed by atoms with E-state index in [1.807, 2.05) is 31.6 Å². The van der Waals surface area contributed by atoms with Gasteiger partial charge in [-0.2, -0.15) is 5.10 Å². The van der Waals surface area contributed by atoms with E-state index in [-0.39, 0.29) is 12.3 Å². The van der Waals surface area contributed by atoms with Gasteiger partial charge in [0.25, 0.3) is 0 Å². The molecule has 0 fully saturated rings. The summed E-state index contributed by atoms with van der Waals surface area (Å²) in [5.41, 5.74) is 1.52. The van der Waals surface area contributed by atoms with Crippen LogP contribution in [0.3, 0.4) is 0 Å². The highest BCUT2D eigenvalue weighted by molar-refractivity contribution is 7.89. The summed E-state index contributed by atoms with van der Waals surface area (Å²) in [7, 11) is -1.35. The number of sulfonamides is 1. The summed E-state index contributed by atoms with van der Waals surface area (Å²) in [6.45, 7) is 2.20. The number of nitrogens with zero attached hydrogens (tertiary/aromatic N) is 3. The number of thiazole rings is 1. The normalized spacial score (nSPS) is 11.9. The van der Waals surface area contributed by atoms with Crippen LogP contribution in [0.2, 0.25) is 0 Å². The number of aryl methyl sites for hydroxylation is 1. The maximum atomic E-state index is 11.7. The topological polar surface area (TPSA) is 76.9 Å². The van der Waals surface area contributed by atoms with E-state index in [4.69, 9.17) is 0 Å². The van der Waals surface area contributed by atoms with Crippen LogP contribution < -0.4 is 4.72 Å². The number of unbranched alkanes of at least 4 members (excludes halogenated alkanes) is 1. The van der Waals surface area contributed by atoms with E-state index < -0.39 is 10.0 Å². The maximum Gasteiger partial charge on any atom is 0.211 e. The van der Waals surface area contributed by atoms with Gasteiger partial charge in [-0.05, 0) is 12.5 Å². The highest BCUT2D eigenvalue weighted by Crippen LogP contribution is 2.21. The Labute approximate surface area is 122 Å². The molecule has 0 saturated heterocycles. The summed E-state index contributed by atoms with van der Waals surface area (Å²) >= 11 is 1.46. The first-order valence-electron chi connectivity index (χ1n) is 6.42. The zero-order valence-electron chi connectivity index (χ0n) is 11.5. The molecule has 0 radical (unpaired) electrons. The van der Waals surface area contributed by atoms with Crippen molar-refractivity contribution < 1.29 is 8.42 Å². The van der Waals surface area contributed by atoms with E-state index in [2.05, 4.69) is 14.8 Å². The van der Waals surface area contributed by atoms with Crippen LogP contribution in [0.1, 0.15) is 25.5 Å². The lowest BCUT2D eigenvalue weighted by molar-refractivity contribution is 0.577. The van der Waals surface area contributed by atoms with Crippen LogP contribution in [0.15, 0.2) is 17.6 Å². The zero-order valence-corrected chi connectivity index (χ0v) is 13.2. The van der Waals surface area contributed by atoms with Crippen LogP contribution in [0.25, 0.3) is 10.7 Å². The van der Waals surface area contributed by atoms with Crippen molar-refractivity contribution in [3.05, 3.63) is 23.3 Å². The minimum Gasteiger partial charge on any atom is -0.275 e. The van der Waals surface area contributed by atoms with Gasteiger partial charge in [0.15, 0.2) is 0 Å². The van der Waals surface area contributed by atoms with Crippen molar-refractivity contribution >= 4 is 21.4 Å². The molecule has 0 aliphatic heterocycles. The summed E-state index contributed by atoms with van der Waals surface area (Å²) in [6, 6.07) is 1.88. The fourth-order valence-corrected chi connectivity index (χ4v) is 3.59. The molecule has 0 aliphatic carbocycles. The Morgan fingerprint density at radius 3 is 2.90 bits per heavy atom. The molecule has 2 aromatic rings. The van der Waals surface area contributed by atoms with Gasteiger partial charge in [-0.25, -0.2) is 18.1 Å². The molecule has 0 bridgehead atoms. The van der Waals surface area contributed by atoms with Gasteiger partial charge >= 0.3 is 0 Å². The lowest BCUT2D eigenvalue weighted by Crippen LogP contribution is -2.26. The van der Waals surface area contributed by atoms with Crippen molar-refractivity contribution in [3.63, 3.8) is 0 Å². The zero-order chi connectivity index (χ0) is 14.6. The number of aromatic nitrogens is 3. The molecule has 8 heteroatoms. The van der Waals surface area contributed by atoms with Gasteiger partial charge in [0.05, 0.1) is 18.0 Å². The predicted octanol–water partition coefficient (Wildman–Crippen LogP) is 1.76. The monoisotopic (exact) mass is 314 g/mol. The molecule has 0 unspecified atom stereocenters. The molecular weight excluding hydrogens is 296 g/mol. The number of hydrogen-bond donors (Lipinski definition) is 1. The van der Waals surface area contributed by atoms with Crippen molar-refractivity contribution in [2.45, 2.75) is 26.3 Å². The van der Waals surface area contributed by atoms with Gasteiger partial charge in [0.1, 0.15) is 10.7 Å². The molecule has 0 saturated carbocycles. The van der Waals surface area contributed by atoms with Crippen LogP contribution in [-0.4, -0.2) is 28.9 Å². The summed E-state index contributed by atoms with van der Waals surface area (Å²) in [6.07, 6.45) is 3.39. The Morgan fingerprint density at radius 1 is 1.45 bits per heavy atom. The third kappa shape index (κ3) is 4.12. The lowest BCUT2D eigenvalue weighted by Gasteiger charge is -2.03. The van der Waals surface area contributed by atoms with Crippen LogP contribution in [0, 0.1) is 0 Å². The number of hydrogen-bond acceptors (Lipinski definition) is 5. The minimum absolute atomic E-state index is 0.167. The highest BCUT2D eigenvalue weighted by atomic mass is 32.2. The van der Waals surface area contributed by atoms with Gasteiger partial charge in [-0.1, -0.05) is 13.3 Å². The Morgan fingerprint density at radius 2 is 2.25 bits per heavy atom. The minimum atomic E-state index is -3.20. The second kappa shape index (κ2) is 6.47. The Balaban J connectivity index is 1.97. The van der Waals surface area contributed by atoms with E-state index in [1.54, 1.807) is 4.68 Å². The van der Waals surface area contributed by atoms with E-state index >= 15 is 0 Å². The SMILES string of the molecule is CCCCS(=O)(=O)NCc1csc(-c2ccn(C)n2)n1. The maximum absolute atomic E-state index is 11.7. The summed E-state index contributed by atoms with van der Waals surface area (Å²) in [5, 5.41) is 6.92. The smallest absolute Gasteiger partial charge is 0.211 e. The molecule has 0 amide bonds. The van der Waals surface area contributed by atoms with Crippen LogP contribution in [0.5, 0.6) is 0 Å². The van der Waals surface area contributed by atoms with Crippen molar-refractivity contribution in [2.24, 2.45) is 7.05 Å². The van der Waals surface area contributed by atoms with Crippen molar-refractivity contribution in [1.82, 2.24) is 19.5 Å². The van der Waals surface area contributed by atoms with E-state index in [0.29, 0.717) is 6.42 Å². The number of rotatable bonds is 7. The summed E-state index contributed by atoms with van der Waals surface area (Å²) < 4.78 is 27.7. The molecule has 2 heterocycles. The molecule has 2 rings (SSSR count). The molecule has 0 aliphatic rings. The molecule has 0 spiro atoms. The van der Waals surface area contributed by atoms with Gasteiger partial charge in [0.2, 0.25) is 10.0 Å². The van der Waals surface area contributed by atoms with Gasteiger partial charge in [-0.15, -0.1) is 11.3 Å². The van der Waals surface area contributed by atoms with Crippen molar-refractivity contribution in [1.29, 1.82) is 0 Å². The first kappa shape index (κ1) is 15.1. The quantitative estimate of drug-likeness (QED) is 0.845. The lowest BCUT2D eigenvalue weighted by atomic mass is 10.4. The second-order valence-corrected chi connectivity index (χ2v) is 7.30. The van der Waals surface area contributed by atoms with Crippen molar-refractivity contribution in [2.75, 3.05) is 5.75 Å². The Bertz CT molecular complexity index is 661. The van der Waals surface area contributed by atoms with Crippen LogP contribution >= 0.6 is 11.3 Å². The summed E-state index contributed by atoms with van der Waals surface area (Å²) in [5.74, 6) is 0.167. The third-order valence-corrected chi connectivity index (χ3v) is 5.05. The molecule has 1 N–H and O–H groups in total. The molecule has 6 nitrogen and oxygen atoms in total. The molecule has 2 aromatic heterocycles. The van der Waals surface area contributed by atoms with Crippen LogP contribution in [0.4, 0.5) is 0 Å². The van der Waals surface area contributed by atoms with Gasteiger partial charge in [-0.3, -0.25) is 4.68 Å². The highest BCUT2D eigenvalue weighted by Gasteiger charge is 2.11. The molecule has 20 heavy (non-hydrogen) atoms. The van der Waals surface area contributed by atoms with Crippen LogP contribution in [-0.2, 0) is 23.6 Å². The first-order chi connectivity index (χ1) is 9.50. The fraction of sp³-hybridized carbons (Fsp3) is 0.500. The van der Waals surface area contributed by atoms with E-state index in [1.165, 1.54) is 11.3 Å². The standard InChI is InChI=1S/C12H18N4O2S2/c1-3-4-7-20(17,18)13-8-10-9-19-12(14-10)11-5-6-16(2)15-11/h5-6,9,13H,3-4,7-8H2,1-2H3. The molecule has 0 aromatic carbocycles. The Kier molecular flexibility index (Phi) is 4.90. The molecule has 110 valence electrons. The first-order valence-corrected chi connectivity index (χ1v) is 8.95. The van der Waals surface area contributed by atoms with Gasteiger partial charge < -0.3 is 0 Å². The molecular formula is C12H18N4O2S2. The fourth-order valence-electron chi connectivity index (χ4n) is 1.63. The van der Waals surface area contributed by atoms with Crippen molar-refractivity contribution in [3.8, 4) is 10.7 Å². The second-order valence-electron chi connectivity index (χ2n) is 4.51. The predicted molar refractivity (Wildman–Crippen MR) is 79.9 cm³/mol. The number of nitrogens with one attached hydrogen (secondary N) is 1. The molecule has 0 atom stereocenters. The summed E-state index contributed by atoms with van der Waals surface area (Å²) in [4.78, 5) is 4.39. The van der Waals surface area contributed by atoms with E-state index in [9.17, 15) is 8.42 Å². The largest absolute Gasteiger partial charge is 0.275 e. The Hall–Kier alpha value is -1.25.